The Labute approximate surface area is 407 Å². The maximum absolute atomic E-state index is 16.2. The van der Waals surface area contributed by atoms with Crippen molar-refractivity contribution in [2.45, 2.75) is 134 Å². The average Bonchev–Trinajstić information content (AvgIpc) is 3.79. The molecule has 12 atom stereocenters. The van der Waals surface area contributed by atoms with Crippen LogP contribution in [0.1, 0.15) is 134 Å². The lowest BCUT2D eigenvalue weighted by molar-refractivity contribution is -0.276. The highest BCUT2D eigenvalue weighted by molar-refractivity contribution is 6.00. The summed E-state index contributed by atoms with van der Waals surface area (Å²) in [5.74, 6) is 1.02. The normalized spacial score (nSPS) is 40.5. The van der Waals surface area contributed by atoms with E-state index in [9.17, 15) is 5.11 Å². The molecule has 11 aliphatic heterocycles. The first kappa shape index (κ1) is 41.8. The Morgan fingerprint density at radius 1 is 0.884 bits per heavy atom. The Bertz CT molecular complexity index is 2940. The summed E-state index contributed by atoms with van der Waals surface area (Å²) in [5.41, 5.74) is 19.4. The molecule has 69 heavy (non-hydrogen) atoms. The molecule has 19 rings (SSSR count). The van der Waals surface area contributed by atoms with Crippen molar-refractivity contribution >= 4 is 11.9 Å². The number of aliphatic hydroxyl groups is 1. The van der Waals surface area contributed by atoms with E-state index in [4.69, 9.17) is 15.2 Å². The third-order valence-corrected chi connectivity index (χ3v) is 21.1. The Kier molecular flexibility index (Phi) is 8.71. The van der Waals surface area contributed by atoms with E-state index in [-0.39, 0.29) is 41.0 Å². The molecule has 16 aliphatic rings. The number of esters is 2. The molecule has 8 nitrogen and oxygen atoms in total. The summed E-state index contributed by atoms with van der Waals surface area (Å²) in [4.78, 5) is 37.0. The Hall–Kier alpha value is -4.92. The summed E-state index contributed by atoms with van der Waals surface area (Å²) >= 11 is 0. The van der Waals surface area contributed by atoms with Crippen molar-refractivity contribution in [3.8, 4) is 0 Å². The van der Waals surface area contributed by atoms with Crippen LogP contribution in [0.3, 0.4) is 0 Å². The quantitative estimate of drug-likeness (QED) is 0.250. The fourth-order valence-corrected chi connectivity index (χ4v) is 19.0. The van der Waals surface area contributed by atoms with E-state index in [1.807, 2.05) is 0 Å². The molecule has 8 heteroatoms. The van der Waals surface area contributed by atoms with Crippen LogP contribution in [-0.4, -0.2) is 65.1 Å². The molecule has 0 radical (unpaired) electrons. The van der Waals surface area contributed by atoms with Gasteiger partial charge in [-0.25, -0.2) is 4.79 Å². The fraction of sp³-hybridized carbons (Fsp3) is 0.541. The van der Waals surface area contributed by atoms with Gasteiger partial charge in [-0.1, -0.05) is 96.8 Å². The zero-order valence-corrected chi connectivity index (χ0v) is 40.6. The smallest absolute Gasteiger partial charge is 0.339 e. The van der Waals surface area contributed by atoms with Gasteiger partial charge in [0, 0.05) is 66.7 Å². The van der Waals surface area contributed by atoms with Gasteiger partial charge in [-0.3, -0.25) is 9.69 Å². The van der Waals surface area contributed by atoms with E-state index >= 15 is 9.59 Å². The zero-order chi connectivity index (χ0) is 46.3. The summed E-state index contributed by atoms with van der Waals surface area (Å²) in [6.07, 6.45) is 16.6. The first-order valence-corrected chi connectivity index (χ1v) is 27.1. The van der Waals surface area contributed by atoms with Gasteiger partial charge >= 0.3 is 11.9 Å². The Morgan fingerprint density at radius 2 is 1.71 bits per heavy atom. The molecule has 4 spiro atoms. The second-order valence-electron chi connectivity index (χ2n) is 24.6. The summed E-state index contributed by atoms with van der Waals surface area (Å²) < 4.78 is 14.3. The lowest BCUT2D eigenvalue weighted by atomic mass is 9.29. The minimum absolute atomic E-state index is 0.00232. The number of ether oxygens (including phenoxy) is 2. The van der Waals surface area contributed by atoms with Gasteiger partial charge in [-0.05, 0) is 160 Å². The molecule has 1 saturated carbocycles. The molecular formula is C61H67N3O5. The number of hydrogen-bond acceptors (Lipinski definition) is 8. The van der Waals surface area contributed by atoms with E-state index in [1.165, 1.54) is 51.8 Å². The average molecular weight is 922 g/mol. The minimum Gasteiger partial charge on any atom is -0.509 e. The van der Waals surface area contributed by atoms with Gasteiger partial charge in [-0.2, -0.15) is 0 Å². The molecule has 1 unspecified atom stereocenters. The number of carbonyl (C=O) groups excluding carboxylic acids is 2. The number of fused-ring (bicyclic) bond motifs is 6. The summed E-state index contributed by atoms with van der Waals surface area (Å²) in [6, 6.07) is 23.9. The van der Waals surface area contributed by atoms with Crippen molar-refractivity contribution in [2.24, 2.45) is 51.6 Å². The van der Waals surface area contributed by atoms with Crippen LogP contribution in [0.15, 0.2) is 106 Å². The number of benzene rings is 3. The molecule has 0 aromatic heterocycles. The molecule has 3 aromatic carbocycles. The van der Waals surface area contributed by atoms with Crippen LogP contribution in [0.25, 0.3) is 0 Å². The van der Waals surface area contributed by atoms with Crippen LogP contribution in [0.4, 0.5) is 0 Å². The monoisotopic (exact) mass is 922 g/mol. The van der Waals surface area contributed by atoms with Crippen molar-refractivity contribution in [1.29, 1.82) is 0 Å². The van der Waals surface area contributed by atoms with Gasteiger partial charge in [-0.15, -0.1) is 0 Å². The highest BCUT2D eigenvalue weighted by atomic mass is 16.6. The van der Waals surface area contributed by atoms with Crippen molar-refractivity contribution in [3.63, 3.8) is 0 Å². The van der Waals surface area contributed by atoms with E-state index in [1.54, 1.807) is 11.3 Å². The summed E-state index contributed by atoms with van der Waals surface area (Å²) in [6.45, 7) is 8.34. The topological polar surface area (TPSA) is 105 Å². The van der Waals surface area contributed by atoms with E-state index < -0.39 is 16.4 Å². The molecular weight excluding hydrogens is 855 g/mol. The SMILES string of the molecule is C[C@H]1CC2=C3[C@@H]4C5=C6C=C(Cc7cc8cc(c7)Cc7ccc(cc7)C[C@@]79C[C@@H](CN(C7)[C@@H](C)C/C(O)=C7\OC(=O)[C@@]6%10[C@H](CCCC8)[C@@]6(OC(=O)c8c(CCCN)cccc86)[C@]7%10CC5)[C@@H](CC2)N3C9)[C@@H]41. The first-order valence-electron chi connectivity index (χ1n) is 27.1. The van der Waals surface area contributed by atoms with Gasteiger partial charge in [0.05, 0.1) is 11.0 Å². The van der Waals surface area contributed by atoms with Gasteiger partial charge in [0.1, 0.15) is 11.2 Å². The number of aryl methyl sites for hydroxylation is 2. The zero-order valence-electron chi connectivity index (χ0n) is 40.6. The molecule has 0 amide bonds. The highest BCUT2D eigenvalue weighted by Crippen LogP contribution is 2.87. The number of piperidine rings is 2. The third-order valence-electron chi connectivity index (χ3n) is 21.1. The van der Waals surface area contributed by atoms with Gasteiger partial charge < -0.3 is 25.2 Å². The van der Waals surface area contributed by atoms with Gasteiger partial charge in [0.25, 0.3) is 0 Å². The highest BCUT2D eigenvalue weighted by Gasteiger charge is 2.93. The molecule has 5 aliphatic carbocycles. The molecule has 3 aromatic rings. The number of rotatable bonds is 3. The molecule has 19 bridgehead atoms. The predicted molar refractivity (Wildman–Crippen MR) is 264 cm³/mol. The maximum atomic E-state index is 16.2. The van der Waals surface area contributed by atoms with Crippen molar-refractivity contribution < 1.29 is 24.2 Å². The van der Waals surface area contributed by atoms with Gasteiger partial charge in [0.15, 0.2) is 11.4 Å². The van der Waals surface area contributed by atoms with Crippen LogP contribution >= 0.6 is 0 Å². The van der Waals surface area contributed by atoms with Crippen LogP contribution in [0, 0.1) is 45.8 Å². The summed E-state index contributed by atoms with van der Waals surface area (Å²) in [5, 5.41) is 13.2. The fourth-order valence-electron chi connectivity index (χ4n) is 19.0. The van der Waals surface area contributed by atoms with Crippen molar-refractivity contribution in [2.75, 3.05) is 26.2 Å². The number of aliphatic hydroxyl groups excluding tert-OH is 1. The molecule has 3 saturated heterocycles. The third kappa shape index (κ3) is 5.23. The van der Waals surface area contributed by atoms with E-state index in [0.29, 0.717) is 67.3 Å². The van der Waals surface area contributed by atoms with Crippen molar-refractivity contribution in [3.05, 3.63) is 151 Å². The summed E-state index contributed by atoms with van der Waals surface area (Å²) in [7, 11) is 0. The first-order chi connectivity index (χ1) is 33.6. The molecule has 4 fully saturated rings. The lowest BCUT2D eigenvalue weighted by Gasteiger charge is -2.71. The second-order valence-corrected chi connectivity index (χ2v) is 24.6. The Balaban J connectivity index is 1.06. The predicted octanol–water partition coefficient (Wildman–Crippen LogP) is 10.1. The number of hydrogen-bond donors (Lipinski definition) is 2. The standard InChI is InChI=1S/C61H67N3O5/c1-34-21-42-16-17-48-44-30-58-29-37-14-12-36(13-15-37)23-39-24-38-7-3-4-11-50-60-47-28-43(27-40(25-38)26-39)51(34)53(54(42)64(48)33-58)45(47)18-19-59(60,55(68-57(60)67)49(65)22-35(2)63(31-44)32-58)61(50)46-10-5-8-41(9-6-20-62)52(46)56(66)69-61/h5,8,10,12-15,24-26,28,34-35,44,48,50-51,53,65H,3-4,6-7,9,11,16-23,27,29-33,62H2,1-2H3/b55-49+/t34-,35-,44-,48+,50-,51-,53+,58+,59+,60-,61+/m0/s1. The van der Waals surface area contributed by atoms with Crippen LogP contribution in [0.5, 0.6) is 0 Å². The number of allylic oxidation sites excluding steroid dienone is 4. The minimum atomic E-state index is -1.19. The number of carbonyl (C=O) groups is 2. The number of nitrogens with zero attached hydrogens (tertiary/aromatic N) is 2. The van der Waals surface area contributed by atoms with E-state index in [0.717, 1.165) is 101 Å². The number of nitrogens with two attached hydrogens (primary N) is 1. The van der Waals surface area contributed by atoms with Crippen LogP contribution in [0.2, 0.25) is 0 Å². The molecule has 356 valence electrons. The van der Waals surface area contributed by atoms with Crippen LogP contribution < -0.4 is 5.73 Å². The van der Waals surface area contributed by atoms with Crippen molar-refractivity contribution in [1.82, 2.24) is 9.80 Å². The van der Waals surface area contributed by atoms with Crippen LogP contribution in [-0.2, 0) is 52.0 Å². The molecule has 11 heterocycles. The second kappa shape index (κ2) is 14.4. The molecule has 3 N–H and O–H groups in total. The maximum Gasteiger partial charge on any atom is 0.339 e. The Morgan fingerprint density at radius 3 is 2.57 bits per heavy atom. The van der Waals surface area contributed by atoms with E-state index in [2.05, 4.69) is 90.4 Å². The van der Waals surface area contributed by atoms with Gasteiger partial charge in [0.2, 0.25) is 0 Å². The largest absolute Gasteiger partial charge is 0.509 e. The lowest BCUT2D eigenvalue weighted by Crippen LogP contribution is -2.77.